The van der Waals surface area contributed by atoms with E-state index < -0.39 is 30.1 Å². The van der Waals surface area contributed by atoms with Crippen molar-refractivity contribution in [2.24, 2.45) is 5.92 Å². The summed E-state index contributed by atoms with van der Waals surface area (Å²) in [5.74, 6) is -1.78. The molecule has 2 heterocycles. The van der Waals surface area contributed by atoms with Crippen LogP contribution in [0, 0.1) is 11.7 Å². The summed E-state index contributed by atoms with van der Waals surface area (Å²) in [4.78, 5) is 38.2. The molecule has 2 amide bonds. The molecule has 34 heavy (non-hydrogen) atoms. The minimum Gasteiger partial charge on any atom is -0.480 e. The normalized spacial score (nSPS) is 20.7. The number of carbonyl (C=O) groups excluding carboxylic acids is 2. The Balaban J connectivity index is 1.31. The van der Waals surface area contributed by atoms with Gasteiger partial charge in [0.1, 0.15) is 23.4 Å². The number of ether oxygens (including phenoxy) is 3. The van der Waals surface area contributed by atoms with E-state index in [-0.39, 0.29) is 31.2 Å². The quantitative estimate of drug-likeness (QED) is 0.636. The molecule has 4 rings (SSSR count). The van der Waals surface area contributed by atoms with E-state index in [1.165, 1.54) is 41.3 Å². The summed E-state index contributed by atoms with van der Waals surface area (Å²) in [6, 6.07) is 10.8. The molecule has 0 unspecified atom stereocenters. The zero-order valence-corrected chi connectivity index (χ0v) is 18.3. The zero-order chi connectivity index (χ0) is 24.1. The molecule has 10 heteroatoms. The van der Waals surface area contributed by atoms with Crippen LogP contribution in [0.5, 0.6) is 11.5 Å². The summed E-state index contributed by atoms with van der Waals surface area (Å²) in [5, 5.41) is 12.1. The van der Waals surface area contributed by atoms with Crippen molar-refractivity contribution < 1.29 is 38.1 Å². The first kappa shape index (κ1) is 23.7. The predicted molar refractivity (Wildman–Crippen MR) is 117 cm³/mol. The number of likely N-dealkylation sites (tertiary alicyclic amines) is 1. The highest BCUT2D eigenvalue weighted by molar-refractivity contribution is 5.97. The van der Waals surface area contributed by atoms with Crippen LogP contribution < -0.4 is 10.1 Å². The van der Waals surface area contributed by atoms with Crippen LogP contribution in [0.25, 0.3) is 0 Å². The number of nitrogens with zero attached hydrogens (tertiary/aromatic N) is 1. The number of carboxylic acids is 1. The van der Waals surface area contributed by atoms with Crippen LogP contribution in [0.1, 0.15) is 23.2 Å². The van der Waals surface area contributed by atoms with Crippen LogP contribution in [0.15, 0.2) is 48.5 Å². The van der Waals surface area contributed by atoms with Gasteiger partial charge < -0.3 is 29.5 Å². The summed E-state index contributed by atoms with van der Waals surface area (Å²) >= 11 is 0. The fraction of sp³-hybridized carbons (Fsp3) is 0.375. The Morgan fingerprint density at radius 1 is 1.03 bits per heavy atom. The van der Waals surface area contributed by atoms with Crippen molar-refractivity contribution in [2.75, 3.05) is 26.3 Å². The molecule has 2 fully saturated rings. The van der Waals surface area contributed by atoms with Gasteiger partial charge in [-0.3, -0.25) is 9.59 Å². The summed E-state index contributed by atoms with van der Waals surface area (Å²) in [7, 11) is 0. The standard InChI is InChI=1S/C24H25FN2O7/c25-17-4-8-19(9-5-17)34-18-6-2-15(3-7-18)22(29)26-13-21(28)27-14-16(12-20(27)23(30)31)24-32-10-1-11-33-24/h2-9,16,20,24H,1,10-14H2,(H,26,29)(H,30,31)/t16-,20+/m1/s1. The number of halogens is 1. The first-order chi connectivity index (χ1) is 16.4. The van der Waals surface area contributed by atoms with Crippen molar-refractivity contribution in [3.8, 4) is 11.5 Å². The molecular weight excluding hydrogens is 447 g/mol. The number of amides is 2. The molecule has 0 radical (unpaired) electrons. The lowest BCUT2D eigenvalue weighted by molar-refractivity contribution is -0.202. The molecule has 0 aliphatic carbocycles. The molecule has 0 saturated carbocycles. The predicted octanol–water partition coefficient (Wildman–Crippen LogP) is 2.41. The zero-order valence-electron chi connectivity index (χ0n) is 18.3. The van der Waals surface area contributed by atoms with Crippen LogP contribution in [0.2, 0.25) is 0 Å². The fourth-order valence-electron chi connectivity index (χ4n) is 4.03. The highest BCUT2D eigenvalue weighted by Crippen LogP contribution is 2.29. The molecule has 2 aliphatic heterocycles. The minimum absolute atomic E-state index is 0.186. The molecule has 2 N–H and O–H groups in total. The van der Waals surface area contributed by atoms with Gasteiger partial charge in [0.25, 0.3) is 5.91 Å². The van der Waals surface area contributed by atoms with Gasteiger partial charge in [-0.2, -0.15) is 0 Å². The first-order valence-electron chi connectivity index (χ1n) is 11.0. The van der Waals surface area contributed by atoms with Crippen LogP contribution >= 0.6 is 0 Å². The van der Waals surface area contributed by atoms with E-state index in [0.717, 1.165) is 6.42 Å². The Morgan fingerprint density at radius 2 is 1.65 bits per heavy atom. The summed E-state index contributed by atoms with van der Waals surface area (Å²) < 4.78 is 29.7. The number of carboxylic acid groups (broad SMARTS) is 1. The molecule has 0 bridgehead atoms. The van der Waals surface area contributed by atoms with Crippen LogP contribution in [0.4, 0.5) is 4.39 Å². The second kappa shape index (κ2) is 10.6. The van der Waals surface area contributed by atoms with Gasteiger partial charge in [0, 0.05) is 18.0 Å². The van der Waals surface area contributed by atoms with E-state index in [2.05, 4.69) is 5.32 Å². The van der Waals surface area contributed by atoms with Gasteiger partial charge in [-0.15, -0.1) is 0 Å². The number of hydrogen-bond acceptors (Lipinski definition) is 6. The first-order valence-corrected chi connectivity index (χ1v) is 11.0. The third kappa shape index (κ3) is 5.70. The molecule has 2 aromatic rings. The Morgan fingerprint density at radius 3 is 2.26 bits per heavy atom. The van der Waals surface area contributed by atoms with E-state index in [4.69, 9.17) is 14.2 Å². The smallest absolute Gasteiger partial charge is 0.326 e. The van der Waals surface area contributed by atoms with Crippen molar-refractivity contribution in [1.82, 2.24) is 10.2 Å². The largest absolute Gasteiger partial charge is 0.480 e. The molecule has 0 spiro atoms. The van der Waals surface area contributed by atoms with Gasteiger partial charge in [-0.05, 0) is 61.4 Å². The third-order valence-electron chi connectivity index (χ3n) is 5.74. The molecule has 2 aliphatic rings. The maximum Gasteiger partial charge on any atom is 0.326 e. The van der Waals surface area contributed by atoms with Gasteiger partial charge in [-0.25, -0.2) is 9.18 Å². The lowest BCUT2D eigenvalue weighted by Gasteiger charge is -2.28. The number of carbonyl (C=O) groups is 3. The topological polar surface area (TPSA) is 114 Å². The van der Waals surface area contributed by atoms with Crippen molar-refractivity contribution in [1.29, 1.82) is 0 Å². The third-order valence-corrected chi connectivity index (χ3v) is 5.74. The van der Waals surface area contributed by atoms with E-state index >= 15 is 0 Å². The molecule has 9 nitrogen and oxygen atoms in total. The maximum absolute atomic E-state index is 13.0. The van der Waals surface area contributed by atoms with Gasteiger partial charge in [0.05, 0.1) is 19.8 Å². The van der Waals surface area contributed by atoms with Gasteiger partial charge in [-0.1, -0.05) is 0 Å². The Labute approximate surface area is 195 Å². The van der Waals surface area contributed by atoms with Crippen molar-refractivity contribution in [2.45, 2.75) is 25.2 Å². The number of hydrogen-bond donors (Lipinski definition) is 2. The number of benzene rings is 2. The molecule has 2 atom stereocenters. The Kier molecular flexibility index (Phi) is 7.39. The lowest BCUT2D eigenvalue weighted by atomic mass is 10.0. The monoisotopic (exact) mass is 472 g/mol. The SMILES string of the molecule is O=C(NCC(=O)N1C[C@H](C2OCCCO2)C[C@H]1C(=O)O)c1ccc(Oc2ccc(F)cc2)cc1. The Bertz CT molecular complexity index is 1020. The van der Waals surface area contributed by atoms with E-state index in [1.807, 2.05) is 0 Å². The van der Waals surface area contributed by atoms with Crippen LogP contribution in [-0.4, -0.2) is 66.4 Å². The van der Waals surface area contributed by atoms with Gasteiger partial charge >= 0.3 is 5.97 Å². The molecule has 0 aromatic heterocycles. The number of nitrogens with one attached hydrogen (secondary N) is 1. The van der Waals surface area contributed by atoms with E-state index in [0.29, 0.717) is 30.3 Å². The van der Waals surface area contributed by atoms with Gasteiger partial charge in [0.2, 0.25) is 5.91 Å². The Hall–Kier alpha value is -3.50. The van der Waals surface area contributed by atoms with Crippen molar-refractivity contribution >= 4 is 17.8 Å². The number of aliphatic carboxylic acids is 1. The van der Waals surface area contributed by atoms with Crippen LogP contribution in [-0.2, 0) is 19.1 Å². The van der Waals surface area contributed by atoms with E-state index in [1.54, 1.807) is 12.1 Å². The average Bonchev–Trinajstić information content (AvgIpc) is 3.31. The second-order valence-corrected chi connectivity index (χ2v) is 8.12. The van der Waals surface area contributed by atoms with Crippen LogP contribution in [0.3, 0.4) is 0 Å². The molecule has 2 saturated heterocycles. The van der Waals surface area contributed by atoms with Gasteiger partial charge in [0.15, 0.2) is 6.29 Å². The summed E-state index contributed by atoms with van der Waals surface area (Å²) in [6.45, 7) is 0.925. The second-order valence-electron chi connectivity index (χ2n) is 8.12. The lowest BCUT2D eigenvalue weighted by Crippen LogP contribution is -2.45. The minimum atomic E-state index is -1.10. The molecule has 2 aromatic carbocycles. The summed E-state index contributed by atoms with van der Waals surface area (Å²) in [5.41, 5.74) is 0.303. The van der Waals surface area contributed by atoms with E-state index in [9.17, 15) is 23.9 Å². The maximum atomic E-state index is 13.0. The molecular formula is C24H25FN2O7. The van der Waals surface area contributed by atoms with Crippen molar-refractivity contribution in [3.05, 3.63) is 59.9 Å². The highest BCUT2D eigenvalue weighted by Gasteiger charge is 2.43. The molecule has 180 valence electrons. The average molecular weight is 472 g/mol. The number of rotatable bonds is 7. The van der Waals surface area contributed by atoms with Crippen molar-refractivity contribution in [3.63, 3.8) is 0 Å². The highest BCUT2D eigenvalue weighted by atomic mass is 19.1. The summed E-state index contributed by atoms with van der Waals surface area (Å²) in [6.07, 6.45) is 0.480. The fourth-order valence-corrected chi connectivity index (χ4v) is 4.03.